The molecule has 6 nitrogen and oxygen atoms in total. The van der Waals surface area contributed by atoms with Crippen LogP contribution >= 0.6 is 0 Å². The number of benzene rings is 3. The number of hydrogen-bond donors (Lipinski definition) is 3. The lowest BCUT2D eigenvalue weighted by Gasteiger charge is -2.29. The Morgan fingerprint density at radius 1 is 0.946 bits per heavy atom. The van der Waals surface area contributed by atoms with Gasteiger partial charge in [-0.2, -0.15) is 0 Å². The average molecular weight is 520 g/mol. The van der Waals surface area contributed by atoms with Crippen LogP contribution in [0, 0.1) is 11.7 Å². The molecule has 1 aromatic heterocycles. The predicted molar refractivity (Wildman–Crippen MR) is 143 cm³/mol. The molecule has 1 aliphatic carbocycles. The zero-order valence-electron chi connectivity index (χ0n) is 20.6. The zero-order chi connectivity index (χ0) is 26.0. The normalized spacial score (nSPS) is 19.0. The van der Waals surface area contributed by atoms with E-state index >= 15 is 0 Å². The molecule has 0 unspecified atom stereocenters. The van der Waals surface area contributed by atoms with E-state index in [1.165, 1.54) is 12.1 Å². The molecule has 37 heavy (non-hydrogen) atoms. The topological polar surface area (TPSA) is 91.1 Å². The summed E-state index contributed by atoms with van der Waals surface area (Å²) in [6.07, 6.45) is 2.38. The summed E-state index contributed by atoms with van der Waals surface area (Å²) in [5.41, 5.74) is 3.57. The number of amides is 1. The Kier molecular flexibility index (Phi) is 7.13. The van der Waals surface area contributed by atoms with Crippen LogP contribution in [0.15, 0.2) is 83.8 Å². The summed E-state index contributed by atoms with van der Waals surface area (Å²) in [4.78, 5) is 16.3. The van der Waals surface area contributed by atoms with Crippen molar-refractivity contribution >= 4 is 26.8 Å². The van der Waals surface area contributed by atoms with Crippen LogP contribution in [-0.2, 0) is 14.8 Å². The van der Waals surface area contributed by atoms with Crippen LogP contribution in [0.25, 0.3) is 22.2 Å². The van der Waals surface area contributed by atoms with Gasteiger partial charge in [-0.25, -0.2) is 17.5 Å². The van der Waals surface area contributed by atoms with E-state index in [-0.39, 0.29) is 34.6 Å². The minimum absolute atomic E-state index is 0.0513. The summed E-state index contributed by atoms with van der Waals surface area (Å²) in [5.74, 6) is -0.535. The van der Waals surface area contributed by atoms with Crippen LogP contribution in [0.5, 0.6) is 0 Å². The quantitative estimate of drug-likeness (QED) is 0.293. The summed E-state index contributed by atoms with van der Waals surface area (Å²) in [6, 6.07) is 22.7. The highest BCUT2D eigenvalue weighted by atomic mass is 32.2. The first kappa shape index (κ1) is 25.2. The van der Waals surface area contributed by atoms with Crippen LogP contribution in [-0.4, -0.2) is 25.4 Å². The maximum Gasteiger partial charge on any atom is 0.240 e. The van der Waals surface area contributed by atoms with E-state index in [4.69, 9.17) is 0 Å². The minimum atomic E-state index is -3.70. The third kappa shape index (κ3) is 5.76. The van der Waals surface area contributed by atoms with Crippen LogP contribution in [0.4, 0.5) is 4.39 Å². The number of sulfonamides is 1. The molecule has 0 saturated heterocycles. The first-order chi connectivity index (χ1) is 17.8. The predicted octanol–water partition coefficient (Wildman–Crippen LogP) is 5.69. The van der Waals surface area contributed by atoms with Crippen LogP contribution < -0.4 is 10.0 Å². The lowest BCUT2D eigenvalue weighted by Crippen LogP contribution is -2.41. The summed E-state index contributed by atoms with van der Waals surface area (Å²) in [6.45, 7) is 1.87. The maximum absolute atomic E-state index is 13.2. The van der Waals surface area contributed by atoms with Gasteiger partial charge in [0, 0.05) is 28.6 Å². The van der Waals surface area contributed by atoms with Crippen molar-refractivity contribution in [3.63, 3.8) is 0 Å². The Morgan fingerprint density at radius 3 is 2.35 bits per heavy atom. The van der Waals surface area contributed by atoms with Crippen molar-refractivity contribution in [1.82, 2.24) is 15.0 Å². The smallest absolute Gasteiger partial charge is 0.240 e. The average Bonchev–Trinajstić information content (AvgIpc) is 3.33. The number of H-pyrrole nitrogens is 1. The molecule has 1 fully saturated rings. The molecule has 0 spiro atoms. The van der Waals surface area contributed by atoms with Crippen LogP contribution in [0.1, 0.15) is 44.2 Å². The van der Waals surface area contributed by atoms with Crippen molar-refractivity contribution in [2.45, 2.75) is 49.6 Å². The third-order valence-corrected chi connectivity index (χ3v) is 8.66. The number of rotatable bonds is 7. The van der Waals surface area contributed by atoms with E-state index in [9.17, 15) is 17.6 Å². The van der Waals surface area contributed by atoms with Gasteiger partial charge in [0.15, 0.2) is 0 Å². The van der Waals surface area contributed by atoms with Gasteiger partial charge >= 0.3 is 0 Å². The summed E-state index contributed by atoms with van der Waals surface area (Å²) < 4.78 is 42.3. The zero-order valence-corrected chi connectivity index (χ0v) is 21.4. The molecule has 1 saturated carbocycles. The molecule has 4 aromatic rings. The molecule has 3 N–H and O–H groups in total. The van der Waals surface area contributed by atoms with Crippen molar-refractivity contribution < 1.29 is 17.6 Å². The first-order valence-electron chi connectivity index (χ1n) is 12.5. The lowest BCUT2D eigenvalue weighted by molar-refractivity contribution is -0.126. The van der Waals surface area contributed by atoms with E-state index in [0.717, 1.165) is 27.7 Å². The van der Waals surface area contributed by atoms with Gasteiger partial charge in [0.25, 0.3) is 0 Å². The number of halogens is 1. The second kappa shape index (κ2) is 10.5. The fourth-order valence-electron chi connectivity index (χ4n) is 4.97. The molecule has 1 aliphatic rings. The van der Waals surface area contributed by atoms with Gasteiger partial charge in [-0.3, -0.25) is 4.79 Å². The van der Waals surface area contributed by atoms with Gasteiger partial charge < -0.3 is 10.3 Å². The SMILES string of the molecule is C[C@@H](NC(=O)C1CCC(NS(=O)(=O)c2ccc3cc(-c4ccccc4)[nH]c3c2)CC1)c1ccc(F)cc1. The van der Waals surface area contributed by atoms with E-state index < -0.39 is 10.0 Å². The Morgan fingerprint density at radius 2 is 1.65 bits per heavy atom. The second-order valence-electron chi connectivity index (χ2n) is 9.75. The second-order valence-corrected chi connectivity index (χ2v) is 11.5. The highest BCUT2D eigenvalue weighted by molar-refractivity contribution is 7.89. The molecule has 0 bridgehead atoms. The fourth-order valence-corrected chi connectivity index (χ4v) is 6.30. The number of aromatic amines is 1. The van der Waals surface area contributed by atoms with Crippen molar-refractivity contribution in [3.8, 4) is 11.3 Å². The van der Waals surface area contributed by atoms with Gasteiger partial charge in [0.2, 0.25) is 15.9 Å². The monoisotopic (exact) mass is 519 g/mol. The number of hydrogen-bond acceptors (Lipinski definition) is 3. The Labute approximate surface area is 216 Å². The molecule has 1 heterocycles. The van der Waals surface area contributed by atoms with Crippen molar-refractivity contribution in [3.05, 3.63) is 90.2 Å². The number of aromatic nitrogens is 1. The molecular formula is C29H30FN3O3S. The number of nitrogens with one attached hydrogen (secondary N) is 3. The summed E-state index contributed by atoms with van der Waals surface area (Å²) in [7, 11) is -3.70. The molecule has 1 atom stereocenters. The lowest BCUT2D eigenvalue weighted by atomic mass is 9.85. The van der Waals surface area contributed by atoms with Crippen molar-refractivity contribution in [2.75, 3.05) is 0 Å². The molecule has 0 aliphatic heterocycles. The van der Waals surface area contributed by atoms with Gasteiger partial charge in [0.1, 0.15) is 5.82 Å². The summed E-state index contributed by atoms with van der Waals surface area (Å²) in [5, 5.41) is 3.95. The molecule has 0 radical (unpaired) electrons. The van der Waals surface area contributed by atoms with E-state index in [0.29, 0.717) is 25.7 Å². The van der Waals surface area contributed by atoms with E-state index in [1.54, 1.807) is 24.3 Å². The molecule has 192 valence electrons. The Hall–Kier alpha value is -3.49. The van der Waals surface area contributed by atoms with Crippen LogP contribution in [0.3, 0.4) is 0 Å². The highest BCUT2D eigenvalue weighted by Crippen LogP contribution is 2.29. The number of carbonyl (C=O) groups is 1. The Bertz CT molecular complexity index is 1490. The van der Waals surface area contributed by atoms with E-state index in [1.807, 2.05) is 49.4 Å². The minimum Gasteiger partial charge on any atom is -0.354 e. The number of fused-ring (bicyclic) bond motifs is 1. The maximum atomic E-state index is 13.2. The number of carbonyl (C=O) groups excluding carboxylic acids is 1. The molecular weight excluding hydrogens is 489 g/mol. The first-order valence-corrected chi connectivity index (χ1v) is 14.0. The third-order valence-electron chi connectivity index (χ3n) is 7.14. The fraction of sp³-hybridized carbons (Fsp3) is 0.276. The highest BCUT2D eigenvalue weighted by Gasteiger charge is 2.30. The van der Waals surface area contributed by atoms with Crippen molar-refractivity contribution in [2.24, 2.45) is 5.92 Å². The standard InChI is InChI=1S/C29H30FN3O3S/c1-19(20-7-12-24(30)13-8-20)31-29(34)22-9-14-25(15-10-22)33-37(35,36)26-16-11-23-17-27(32-28(23)18-26)21-5-3-2-4-6-21/h2-8,11-13,16-19,22,25,32-33H,9-10,14-15H2,1H3,(H,31,34)/t19-,22?,25?/m1/s1. The largest absolute Gasteiger partial charge is 0.354 e. The molecule has 3 aromatic carbocycles. The Balaban J connectivity index is 1.19. The van der Waals surface area contributed by atoms with Gasteiger partial charge in [-0.05, 0) is 74.1 Å². The van der Waals surface area contributed by atoms with E-state index in [2.05, 4.69) is 15.0 Å². The van der Waals surface area contributed by atoms with Gasteiger partial charge in [-0.1, -0.05) is 48.5 Å². The molecule has 8 heteroatoms. The van der Waals surface area contributed by atoms with Gasteiger partial charge in [-0.15, -0.1) is 0 Å². The summed E-state index contributed by atoms with van der Waals surface area (Å²) >= 11 is 0. The van der Waals surface area contributed by atoms with Gasteiger partial charge in [0.05, 0.1) is 10.9 Å². The van der Waals surface area contributed by atoms with Crippen LogP contribution in [0.2, 0.25) is 0 Å². The molecule has 5 rings (SSSR count). The molecule has 1 amide bonds. The van der Waals surface area contributed by atoms with Crippen molar-refractivity contribution in [1.29, 1.82) is 0 Å².